The third-order valence-electron chi connectivity index (χ3n) is 4.31. The van der Waals surface area contributed by atoms with Gasteiger partial charge in [-0.3, -0.25) is 15.0 Å². The van der Waals surface area contributed by atoms with Crippen LogP contribution in [0.1, 0.15) is 12.5 Å². The van der Waals surface area contributed by atoms with Gasteiger partial charge in [0.2, 0.25) is 5.91 Å². The average Bonchev–Trinajstić information content (AvgIpc) is 3.15. The Labute approximate surface area is 171 Å². The maximum Gasteiger partial charge on any atom is 0.288 e. The third-order valence-corrected chi connectivity index (χ3v) is 6.71. The van der Waals surface area contributed by atoms with Crippen LogP contribution in [-0.4, -0.2) is 29.0 Å². The van der Waals surface area contributed by atoms with Crippen molar-refractivity contribution in [1.29, 1.82) is 0 Å². The number of aliphatic imine (C=N–C) groups is 1. The Balaban J connectivity index is 1.77. The highest BCUT2D eigenvalue weighted by atomic mass is 32.2. The number of hydrogen-bond acceptors (Lipinski definition) is 6. The van der Waals surface area contributed by atoms with Crippen LogP contribution in [-0.2, 0) is 9.59 Å². The zero-order valence-electron chi connectivity index (χ0n) is 15.6. The van der Waals surface area contributed by atoms with Gasteiger partial charge < -0.3 is 4.90 Å². The minimum atomic E-state index is -0.326. The first-order chi connectivity index (χ1) is 13.5. The Hall–Kier alpha value is -2.71. The molecule has 142 valence electrons. The Morgan fingerprint density at radius 3 is 2.50 bits per heavy atom. The summed E-state index contributed by atoms with van der Waals surface area (Å²) in [7, 11) is 1.94. The number of para-hydroxylation sites is 2. The molecule has 6 nitrogen and oxygen atoms in total. The van der Waals surface area contributed by atoms with E-state index in [0.29, 0.717) is 10.1 Å². The summed E-state index contributed by atoms with van der Waals surface area (Å²) in [6.07, 6.45) is 0. The first kappa shape index (κ1) is 18.6. The number of fused-ring (bicyclic) bond motifs is 1. The highest BCUT2D eigenvalue weighted by molar-refractivity contribution is 8.19. The molecule has 1 saturated heterocycles. The van der Waals surface area contributed by atoms with Crippen LogP contribution < -0.4 is 10.3 Å². The van der Waals surface area contributed by atoms with E-state index in [1.807, 2.05) is 67.4 Å². The molecule has 0 aromatic heterocycles. The summed E-state index contributed by atoms with van der Waals surface area (Å²) in [4.78, 5) is 33.1. The van der Waals surface area contributed by atoms with Gasteiger partial charge in [0.15, 0.2) is 5.17 Å². The highest BCUT2D eigenvalue weighted by Gasteiger charge is 2.40. The van der Waals surface area contributed by atoms with Crippen molar-refractivity contribution in [3.05, 3.63) is 64.0 Å². The maximum absolute atomic E-state index is 13.1. The van der Waals surface area contributed by atoms with Crippen LogP contribution in [0.5, 0.6) is 0 Å². The van der Waals surface area contributed by atoms with Gasteiger partial charge in [-0.15, -0.1) is 0 Å². The molecule has 0 bridgehead atoms. The van der Waals surface area contributed by atoms with Crippen LogP contribution >= 0.6 is 23.5 Å². The highest BCUT2D eigenvalue weighted by Crippen LogP contribution is 2.49. The average molecular weight is 411 g/mol. The number of carbonyl (C=O) groups excluding carboxylic acids is 2. The van der Waals surface area contributed by atoms with E-state index >= 15 is 0 Å². The van der Waals surface area contributed by atoms with E-state index in [0.717, 1.165) is 26.9 Å². The molecule has 1 fully saturated rings. The van der Waals surface area contributed by atoms with E-state index in [9.17, 15) is 9.59 Å². The van der Waals surface area contributed by atoms with Crippen molar-refractivity contribution < 1.29 is 9.59 Å². The predicted molar refractivity (Wildman–Crippen MR) is 114 cm³/mol. The van der Waals surface area contributed by atoms with Gasteiger partial charge in [-0.2, -0.15) is 5.01 Å². The van der Waals surface area contributed by atoms with Crippen LogP contribution in [0.3, 0.4) is 0 Å². The number of carbonyl (C=O) groups is 2. The van der Waals surface area contributed by atoms with Gasteiger partial charge in [-0.05, 0) is 42.4 Å². The van der Waals surface area contributed by atoms with Crippen molar-refractivity contribution in [3.63, 3.8) is 0 Å². The summed E-state index contributed by atoms with van der Waals surface area (Å²) in [5.74, 6) is -0.608. The van der Waals surface area contributed by atoms with Gasteiger partial charge in [0.05, 0.1) is 16.4 Å². The summed E-state index contributed by atoms with van der Waals surface area (Å²) in [6, 6.07) is 15.7. The van der Waals surface area contributed by atoms with Gasteiger partial charge in [0, 0.05) is 18.9 Å². The second-order valence-electron chi connectivity index (χ2n) is 6.35. The molecule has 0 atom stereocenters. The largest absolute Gasteiger partial charge is 0.337 e. The van der Waals surface area contributed by atoms with E-state index in [-0.39, 0.29) is 11.8 Å². The van der Waals surface area contributed by atoms with Gasteiger partial charge in [-0.1, -0.05) is 42.1 Å². The van der Waals surface area contributed by atoms with Crippen LogP contribution in [0, 0.1) is 6.92 Å². The minimum absolute atomic E-state index is 0.283. The number of amidine groups is 1. The van der Waals surface area contributed by atoms with Gasteiger partial charge in [0.25, 0.3) is 5.91 Å². The normalized spacial score (nSPS) is 20.1. The fourth-order valence-electron chi connectivity index (χ4n) is 2.93. The quantitative estimate of drug-likeness (QED) is 0.758. The molecule has 2 aromatic rings. The summed E-state index contributed by atoms with van der Waals surface area (Å²) in [5.41, 5.74) is 5.41. The second-order valence-corrected chi connectivity index (χ2v) is 8.36. The molecule has 2 amide bonds. The van der Waals surface area contributed by atoms with Gasteiger partial charge in [-0.25, -0.2) is 4.99 Å². The molecule has 2 aliphatic heterocycles. The summed E-state index contributed by atoms with van der Waals surface area (Å²) in [6.45, 7) is 3.33. The number of thioether (sulfide) groups is 2. The molecular weight excluding hydrogens is 392 g/mol. The van der Waals surface area contributed by atoms with E-state index in [1.54, 1.807) is 11.8 Å². The molecule has 8 heteroatoms. The molecule has 4 rings (SSSR count). The number of nitrogens with one attached hydrogen (secondary N) is 1. The van der Waals surface area contributed by atoms with Gasteiger partial charge >= 0.3 is 0 Å². The molecule has 28 heavy (non-hydrogen) atoms. The lowest BCUT2D eigenvalue weighted by Crippen LogP contribution is -2.44. The third kappa shape index (κ3) is 3.29. The van der Waals surface area contributed by atoms with Crippen molar-refractivity contribution in [1.82, 2.24) is 10.4 Å². The van der Waals surface area contributed by atoms with Gasteiger partial charge in [0.1, 0.15) is 4.91 Å². The monoisotopic (exact) mass is 410 g/mol. The van der Waals surface area contributed by atoms with E-state index in [2.05, 4.69) is 10.4 Å². The smallest absolute Gasteiger partial charge is 0.288 e. The predicted octanol–water partition coefficient (Wildman–Crippen LogP) is 4.02. The molecular formula is C20H18N4O2S2. The first-order valence-electron chi connectivity index (χ1n) is 8.64. The summed E-state index contributed by atoms with van der Waals surface area (Å²) < 4.78 is 0. The van der Waals surface area contributed by atoms with Crippen LogP contribution in [0.4, 0.5) is 11.4 Å². The van der Waals surface area contributed by atoms with Crippen molar-refractivity contribution >= 4 is 51.9 Å². The molecule has 2 aliphatic rings. The van der Waals surface area contributed by atoms with Crippen LogP contribution in [0.25, 0.3) is 0 Å². The molecule has 0 radical (unpaired) electrons. The Morgan fingerprint density at radius 1 is 1.07 bits per heavy atom. The SMILES string of the molecule is CC(=O)NN1C(=O)/C(=C2/Sc3ccccc3N2C)SC1=Nc1ccccc1C. The van der Waals surface area contributed by atoms with Crippen molar-refractivity contribution in [3.8, 4) is 0 Å². The molecule has 0 spiro atoms. The Morgan fingerprint density at radius 2 is 1.79 bits per heavy atom. The first-order valence-corrected chi connectivity index (χ1v) is 10.3. The Kier molecular flexibility index (Phi) is 4.91. The zero-order valence-corrected chi connectivity index (χ0v) is 17.2. The van der Waals surface area contributed by atoms with Crippen molar-refractivity contribution in [2.45, 2.75) is 18.7 Å². The fraction of sp³-hybridized carbons (Fsp3) is 0.150. The molecule has 2 aromatic carbocycles. The lowest BCUT2D eigenvalue weighted by Gasteiger charge is -2.16. The topological polar surface area (TPSA) is 65.0 Å². The van der Waals surface area contributed by atoms with Crippen molar-refractivity contribution in [2.75, 3.05) is 11.9 Å². The maximum atomic E-state index is 13.1. The molecule has 1 N–H and O–H groups in total. The van der Waals surface area contributed by atoms with Crippen LogP contribution in [0.15, 0.2) is 68.4 Å². The Bertz CT molecular complexity index is 1050. The number of hydrazine groups is 1. The lowest BCUT2D eigenvalue weighted by atomic mass is 10.2. The second kappa shape index (κ2) is 7.37. The molecule has 0 aliphatic carbocycles. The number of hydrogen-bond donors (Lipinski definition) is 1. The fourth-order valence-corrected chi connectivity index (χ4v) is 5.21. The van der Waals surface area contributed by atoms with E-state index < -0.39 is 0 Å². The number of aryl methyl sites for hydroxylation is 1. The summed E-state index contributed by atoms with van der Waals surface area (Å²) >= 11 is 2.82. The standard InChI is InChI=1S/C20H18N4O2S2/c1-12-8-4-5-9-14(12)21-20-24(22-13(2)25)18(26)17(28-20)19-23(3)15-10-6-7-11-16(15)27-19/h4-11H,1-3H3,(H,22,25)/b19-17-,21-20?. The number of amides is 2. The minimum Gasteiger partial charge on any atom is -0.337 e. The summed E-state index contributed by atoms with van der Waals surface area (Å²) in [5, 5.41) is 2.50. The van der Waals surface area contributed by atoms with E-state index in [4.69, 9.17) is 0 Å². The lowest BCUT2D eigenvalue weighted by molar-refractivity contribution is -0.132. The zero-order chi connectivity index (χ0) is 19.8. The molecule has 0 saturated carbocycles. The number of anilines is 1. The number of benzene rings is 2. The van der Waals surface area contributed by atoms with Crippen LogP contribution in [0.2, 0.25) is 0 Å². The van der Waals surface area contributed by atoms with Crippen molar-refractivity contribution in [2.24, 2.45) is 4.99 Å². The van der Waals surface area contributed by atoms with E-state index in [1.165, 1.54) is 23.7 Å². The number of rotatable bonds is 2. The molecule has 2 heterocycles. The number of nitrogens with zero attached hydrogens (tertiary/aromatic N) is 3. The molecule has 0 unspecified atom stereocenters.